The van der Waals surface area contributed by atoms with E-state index < -0.39 is 15.6 Å². The van der Waals surface area contributed by atoms with Crippen LogP contribution in [0.25, 0.3) is 27.8 Å². The highest BCUT2D eigenvalue weighted by Gasteiger charge is 2.38. The number of aryl methyl sites for hydroxylation is 1. The molecule has 0 bridgehead atoms. The Kier molecular flexibility index (Phi) is 3.65. The highest BCUT2D eigenvalue weighted by molar-refractivity contribution is 7.97. The number of aromatic nitrogens is 2. The minimum absolute atomic E-state index is 0.0804. The van der Waals surface area contributed by atoms with Crippen LogP contribution in [-0.2, 0) is 16.9 Å². The number of allylic oxidation sites excluding steroid dienone is 1. The minimum Gasteiger partial charge on any atom is -0.326 e. The predicted molar refractivity (Wildman–Crippen MR) is 110 cm³/mol. The first-order valence-corrected chi connectivity index (χ1v) is 10.9. The molecule has 5 nitrogen and oxygen atoms in total. The van der Waals surface area contributed by atoms with Crippen LogP contribution < -0.4 is 0 Å². The summed E-state index contributed by atoms with van der Waals surface area (Å²) in [6, 6.07) is 18.1. The summed E-state index contributed by atoms with van der Waals surface area (Å²) in [6.07, 6.45) is 1.46. The van der Waals surface area contributed by atoms with E-state index in [0.717, 1.165) is 21.7 Å². The Hall–Kier alpha value is -3.03. The number of carbonyl (C=O) groups is 1. The van der Waals surface area contributed by atoms with Gasteiger partial charge < -0.3 is 4.57 Å². The number of thiophene rings is 1. The molecular formula is C21H14N2O3S2. The fraction of sp³-hybridized carbons (Fsp3) is 0.0476. The topological polar surface area (TPSA) is 69.0 Å². The van der Waals surface area contributed by atoms with E-state index in [1.807, 2.05) is 48.0 Å². The highest BCUT2D eigenvalue weighted by atomic mass is 32.2. The van der Waals surface area contributed by atoms with Gasteiger partial charge in [0.25, 0.3) is 0 Å². The first-order valence-electron chi connectivity index (χ1n) is 8.59. The van der Waals surface area contributed by atoms with Crippen LogP contribution in [0.2, 0.25) is 0 Å². The Balaban J connectivity index is 1.61. The van der Waals surface area contributed by atoms with Crippen molar-refractivity contribution in [1.29, 1.82) is 0 Å². The lowest BCUT2D eigenvalue weighted by atomic mass is 10.1. The minimum atomic E-state index is -3.78. The van der Waals surface area contributed by atoms with E-state index >= 15 is 0 Å². The van der Waals surface area contributed by atoms with E-state index in [-0.39, 0.29) is 15.4 Å². The molecule has 0 amide bonds. The molecule has 2 aromatic carbocycles. The van der Waals surface area contributed by atoms with E-state index in [2.05, 4.69) is 0 Å². The summed E-state index contributed by atoms with van der Waals surface area (Å²) in [5.74, 6) is 0.393. The molecule has 0 saturated carbocycles. The molecule has 1 aliphatic rings. The summed E-state index contributed by atoms with van der Waals surface area (Å²) in [6.45, 7) is 0. The molecule has 0 saturated heterocycles. The number of benzene rings is 2. The maximum atomic E-state index is 12.8. The Morgan fingerprint density at radius 2 is 1.75 bits per heavy atom. The molecule has 0 fully saturated rings. The lowest BCUT2D eigenvalue weighted by Gasteiger charge is -2.01. The van der Waals surface area contributed by atoms with Gasteiger partial charge in [0.05, 0.1) is 10.4 Å². The average molecular weight is 406 g/mol. The highest BCUT2D eigenvalue weighted by Crippen LogP contribution is 2.37. The third kappa shape index (κ3) is 2.40. The molecule has 138 valence electrons. The van der Waals surface area contributed by atoms with Gasteiger partial charge in [-0.25, -0.2) is 13.4 Å². The number of hydrogen-bond acceptors (Lipinski definition) is 5. The second-order valence-electron chi connectivity index (χ2n) is 6.54. The molecule has 7 heteroatoms. The van der Waals surface area contributed by atoms with Crippen LogP contribution in [0.5, 0.6) is 0 Å². The van der Waals surface area contributed by atoms with Gasteiger partial charge in [0.15, 0.2) is 0 Å². The summed E-state index contributed by atoms with van der Waals surface area (Å²) in [4.78, 5) is 18.7. The quantitative estimate of drug-likeness (QED) is 0.465. The number of hydrogen-bond donors (Lipinski definition) is 0. The van der Waals surface area contributed by atoms with Crippen molar-refractivity contribution in [3.63, 3.8) is 0 Å². The summed E-state index contributed by atoms with van der Waals surface area (Å²) in [5.41, 5.74) is 2.15. The fourth-order valence-corrected chi connectivity index (χ4v) is 6.10. The SMILES string of the molecule is Cn1c(-c2ccccc2)nc2sc(/C=C3\C(=O)c4ccccc4S3(=O)=O)cc21. The molecular weight excluding hydrogens is 392 g/mol. The van der Waals surface area contributed by atoms with Crippen LogP contribution >= 0.6 is 11.3 Å². The Bertz CT molecular complexity index is 1390. The molecule has 0 unspecified atom stereocenters. The number of rotatable bonds is 2. The normalized spacial score (nSPS) is 16.8. The Morgan fingerprint density at radius 3 is 2.46 bits per heavy atom. The average Bonchev–Trinajstić information content (AvgIpc) is 3.30. The molecule has 1 aliphatic heterocycles. The van der Waals surface area contributed by atoms with Crippen LogP contribution in [-0.4, -0.2) is 23.8 Å². The molecule has 0 aliphatic carbocycles. The third-order valence-electron chi connectivity index (χ3n) is 4.84. The van der Waals surface area contributed by atoms with E-state index in [1.165, 1.54) is 23.5 Å². The van der Waals surface area contributed by atoms with Gasteiger partial charge >= 0.3 is 0 Å². The van der Waals surface area contributed by atoms with Crippen molar-refractivity contribution < 1.29 is 13.2 Å². The lowest BCUT2D eigenvalue weighted by molar-refractivity contribution is 0.104. The molecule has 28 heavy (non-hydrogen) atoms. The summed E-state index contributed by atoms with van der Waals surface area (Å²) in [5, 5.41) is 0. The largest absolute Gasteiger partial charge is 0.326 e. The zero-order chi connectivity index (χ0) is 19.5. The van der Waals surface area contributed by atoms with E-state index in [0.29, 0.717) is 4.88 Å². The maximum Gasteiger partial charge on any atom is 0.211 e. The number of nitrogens with zero attached hydrogens (tertiary/aromatic N) is 2. The standard InChI is InChI=1S/C21H14N2O3S2/c1-23-16-11-14(27-21(16)22-20(23)13-7-3-2-4-8-13)12-18-19(24)15-9-5-6-10-17(15)28(18,25)26/h2-12H,1H3/b18-12+. The molecule has 5 rings (SSSR count). The molecule has 0 radical (unpaired) electrons. The van der Waals surface area contributed by atoms with Crippen molar-refractivity contribution in [3.8, 4) is 11.4 Å². The number of fused-ring (bicyclic) bond motifs is 2. The second-order valence-corrected chi connectivity index (χ2v) is 9.49. The van der Waals surface area contributed by atoms with Gasteiger partial charge in [0, 0.05) is 23.1 Å². The smallest absolute Gasteiger partial charge is 0.211 e. The maximum absolute atomic E-state index is 12.8. The van der Waals surface area contributed by atoms with Crippen molar-refractivity contribution in [2.24, 2.45) is 7.05 Å². The summed E-state index contributed by atoms with van der Waals surface area (Å²) < 4.78 is 27.5. The number of carbonyl (C=O) groups excluding carboxylic acids is 1. The van der Waals surface area contributed by atoms with E-state index in [1.54, 1.807) is 18.2 Å². The summed E-state index contributed by atoms with van der Waals surface area (Å²) >= 11 is 1.37. The third-order valence-corrected chi connectivity index (χ3v) is 7.62. The van der Waals surface area contributed by atoms with Crippen LogP contribution in [0.1, 0.15) is 15.2 Å². The van der Waals surface area contributed by atoms with Gasteiger partial charge in [0.1, 0.15) is 15.6 Å². The number of imidazole rings is 1. The molecule has 3 heterocycles. The van der Waals surface area contributed by atoms with Gasteiger partial charge in [-0.3, -0.25) is 4.79 Å². The second kappa shape index (κ2) is 5.98. The molecule has 0 N–H and O–H groups in total. The van der Waals surface area contributed by atoms with Crippen molar-refractivity contribution in [1.82, 2.24) is 9.55 Å². The van der Waals surface area contributed by atoms with Crippen molar-refractivity contribution in [2.75, 3.05) is 0 Å². The lowest BCUT2D eigenvalue weighted by Crippen LogP contribution is -2.01. The Morgan fingerprint density at radius 1 is 1.04 bits per heavy atom. The first kappa shape index (κ1) is 17.1. The van der Waals surface area contributed by atoms with Crippen LogP contribution in [0.3, 0.4) is 0 Å². The van der Waals surface area contributed by atoms with E-state index in [4.69, 9.17) is 4.98 Å². The van der Waals surface area contributed by atoms with Crippen molar-refractivity contribution in [2.45, 2.75) is 4.90 Å². The number of ketones is 1. The Labute approximate surface area is 165 Å². The zero-order valence-corrected chi connectivity index (χ0v) is 16.4. The van der Waals surface area contributed by atoms with Crippen LogP contribution in [0, 0.1) is 0 Å². The van der Waals surface area contributed by atoms with Crippen molar-refractivity contribution >= 4 is 43.4 Å². The predicted octanol–water partition coefficient (Wildman–Crippen LogP) is 4.31. The van der Waals surface area contributed by atoms with Crippen LogP contribution in [0.4, 0.5) is 0 Å². The molecule has 2 aromatic heterocycles. The molecule has 4 aromatic rings. The van der Waals surface area contributed by atoms with Crippen molar-refractivity contribution in [3.05, 3.63) is 76.0 Å². The summed E-state index contributed by atoms with van der Waals surface area (Å²) in [7, 11) is -1.86. The molecule has 0 spiro atoms. The van der Waals surface area contributed by atoms with E-state index in [9.17, 15) is 13.2 Å². The van der Waals surface area contributed by atoms with Gasteiger partial charge in [-0.2, -0.15) is 0 Å². The monoisotopic (exact) mass is 406 g/mol. The van der Waals surface area contributed by atoms with Gasteiger partial charge in [-0.1, -0.05) is 42.5 Å². The van der Waals surface area contributed by atoms with Crippen LogP contribution in [0.15, 0.2) is 70.5 Å². The number of sulfone groups is 1. The number of Topliss-reactive ketones (excluding diaryl/α,β-unsaturated/α-hetero) is 1. The zero-order valence-electron chi connectivity index (χ0n) is 14.8. The van der Waals surface area contributed by atoms with Gasteiger partial charge in [-0.15, -0.1) is 11.3 Å². The fourth-order valence-electron chi connectivity index (χ4n) is 3.45. The van der Waals surface area contributed by atoms with Gasteiger partial charge in [0.2, 0.25) is 15.6 Å². The molecule has 0 atom stereocenters. The first-order chi connectivity index (χ1) is 13.5. The van der Waals surface area contributed by atoms with Gasteiger partial charge in [-0.05, 0) is 24.3 Å².